The Balaban J connectivity index is 1.91. The van der Waals surface area contributed by atoms with Gasteiger partial charge in [0.05, 0.1) is 17.8 Å². The molecule has 0 aliphatic carbocycles. The van der Waals surface area contributed by atoms with Gasteiger partial charge in [-0.05, 0) is 49.9 Å². The lowest BCUT2D eigenvalue weighted by Crippen LogP contribution is -2.40. The molecule has 2 atom stereocenters. The number of benzene rings is 1. The van der Waals surface area contributed by atoms with Gasteiger partial charge in [-0.3, -0.25) is 4.99 Å². The quantitative estimate of drug-likeness (QED) is 0.523. The van der Waals surface area contributed by atoms with Gasteiger partial charge < -0.3 is 15.4 Å². The highest BCUT2D eigenvalue weighted by Crippen LogP contribution is 2.16. The topological polar surface area (TPSA) is 63.5 Å². The van der Waals surface area contributed by atoms with Gasteiger partial charge in [0.1, 0.15) is 0 Å². The Hall–Kier alpha value is -2.34. The van der Waals surface area contributed by atoms with Crippen LogP contribution in [0.2, 0.25) is 0 Å². The van der Waals surface area contributed by atoms with E-state index in [4.69, 9.17) is 4.74 Å². The van der Waals surface area contributed by atoms with Gasteiger partial charge in [-0.25, -0.2) is 4.68 Å². The molecule has 0 fully saturated rings. The van der Waals surface area contributed by atoms with Crippen LogP contribution in [0.25, 0.3) is 5.69 Å². The van der Waals surface area contributed by atoms with Crippen LogP contribution in [0.1, 0.15) is 45.7 Å². The molecule has 0 aliphatic rings. The third kappa shape index (κ3) is 6.40. The van der Waals surface area contributed by atoms with Crippen LogP contribution in [0.15, 0.2) is 47.7 Å². The number of hydrogen-bond acceptors (Lipinski definition) is 3. The van der Waals surface area contributed by atoms with Crippen molar-refractivity contribution in [2.75, 3.05) is 20.2 Å². The van der Waals surface area contributed by atoms with Gasteiger partial charge in [0, 0.05) is 32.6 Å². The van der Waals surface area contributed by atoms with Crippen LogP contribution >= 0.6 is 0 Å². The molecule has 1 aromatic carbocycles. The van der Waals surface area contributed by atoms with Crippen molar-refractivity contribution >= 4 is 5.96 Å². The molecule has 6 nitrogen and oxygen atoms in total. The number of hydrogen-bond donors (Lipinski definition) is 2. The molecular weight excluding hydrogens is 338 g/mol. The van der Waals surface area contributed by atoms with E-state index in [2.05, 4.69) is 65.8 Å². The van der Waals surface area contributed by atoms with Gasteiger partial charge in [0.25, 0.3) is 0 Å². The molecule has 0 saturated heterocycles. The van der Waals surface area contributed by atoms with E-state index in [9.17, 15) is 0 Å². The summed E-state index contributed by atoms with van der Waals surface area (Å²) < 4.78 is 7.67. The Morgan fingerprint density at radius 1 is 1.26 bits per heavy atom. The van der Waals surface area contributed by atoms with Crippen LogP contribution in [0.5, 0.6) is 0 Å². The van der Waals surface area contributed by atoms with E-state index < -0.39 is 0 Å². The smallest absolute Gasteiger partial charge is 0.191 e. The minimum Gasteiger partial charge on any atom is -0.378 e. The molecule has 0 radical (unpaired) electrons. The summed E-state index contributed by atoms with van der Waals surface area (Å²) >= 11 is 0. The van der Waals surface area contributed by atoms with Crippen LogP contribution in [0.3, 0.4) is 0 Å². The van der Waals surface area contributed by atoms with Crippen LogP contribution in [-0.4, -0.2) is 42.0 Å². The molecule has 0 spiro atoms. The first-order chi connectivity index (χ1) is 13.0. The van der Waals surface area contributed by atoms with Crippen LogP contribution in [0.4, 0.5) is 0 Å². The molecule has 0 saturated carbocycles. The lowest BCUT2D eigenvalue weighted by molar-refractivity contribution is 0.0258. The van der Waals surface area contributed by atoms with Gasteiger partial charge in [-0.1, -0.05) is 26.0 Å². The van der Waals surface area contributed by atoms with Gasteiger partial charge in [0.15, 0.2) is 5.96 Å². The number of rotatable bonds is 9. The van der Waals surface area contributed by atoms with Gasteiger partial charge in [0.2, 0.25) is 0 Å². The molecule has 2 aromatic rings. The molecule has 0 bridgehead atoms. The Morgan fingerprint density at radius 2 is 2.07 bits per heavy atom. The molecule has 6 heteroatoms. The number of ether oxygens (including phenoxy) is 1. The molecule has 27 heavy (non-hydrogen) atoms. The Bertz CT molecular complexity index is 696. The second-order valence-electron chi connectivity index (χ2n) is 6.94. The van der Waals surface area contributed by atoms with Crippen molar-refractivity contribution < 1.29 is 4.74 Å². The maximum Gasteiger partial charge on any atom is 0.191 e. The van der Waals surface area contributed by atoms with Gasteiger partial charge in [-0.2, -0.15) is 5.10 Å². The zero-order chi connectivity index (χ0) is 19.6. The zero-order valence-electron chi connectivity index (χ0n) is 17.1. The minimum atomic E-state index is 0.125. The normalized spacial score (nSPS) is 14.2. The minimum absolute atomic E-state index is 0.125. The molecule has 148 valence electrons. The predicted molar refractivity (Wildman–Crippen MR) is 111 cm³/mol. The van der Waals surface area contributed by atoms with E-state index in [1.54, 1.807) is 13.2 Å². The SMILES string of the molecule is CCOC(CCNC(=NC)NC(C)c1cccc(-n2cccn2)c1)C(C)C. The van der Waals surface area contributed by atoms with Crippen LogP contribution < -0.4 is 10.6 Å². The summed E-state index contributed by atoms with van der Waals surface area (Å²) in [6.45, 7) is 10.1. The zero-order valence-corrected chi connectivity index (χ0v) is 17.1. The highest BCUT2D eigenvalue weighted by atomic mass is 16.5. The van der Waals surface area contributed by atoms with Crippen molar-refractivity contribution in [2.45, 2.75) is 46.3 Å². The van der Waals surface area contributed by atoms with Crippen molar-refractivity contribution in [3.05, 3.63) is 48.3 Å². The summed E-state index contributed by atoms with van der Waals surface area (Å²) in [4.78, 5) is 4.35. The summed E-state index contributed by atoms with van der Waals surface area (Å²) in [5.41, 5.74) is 2.23. The molecule has 0 aliphatic heterocycles. The third-order valence-corrected chi connectivity index (χ3v) is 4.56. The van der Waals surface area contributed by atoms with Crippen molar-refractivity contribution in [3.63, 3.8) is 0 Å². The Kier molecular flexibility index (Phi) is 8.33. The van der Waals surface area contributed by atoms with Gasteiger partial charge in [-0.15, -0.1) is 0 Å². The van der Waals surface area contributed by atoms with E-state index in [0.29, 0.717) is 5.92 Å². The number of aliphatic imine (C=N–C) groups is 1. The second kappa shape index (κ2) is 10.7. The van der Waals surface area contributed by atoms with Gasteiger partial charge >= 0.3 is 0 Å². The van der Waals surface area contributed by atoms with Crippen LogP contribution in [0, 0.1) is 5.92 Å². The van der Waals surface area contributed by atoms with Crippen LogP contribution in [-0.2, 0) is 4.74 Å². The summed E-state index contributed by atoms with van der Waals surface area (Å²) in [5, 5.41) is 11.2. The lowest BCUT2D eigenvalue weighted by atomic mass is 10.0. The Morgan fingerprint density at radius 3 is 2.70 bits per heavy atom. The third-order valence-electron chi connectivity index (χ3n) is 4.56. The summed E-state index contributed by atoms with van der Waals surface area (Å²) in [5.74, 6) is 1.30. The molecule has 2 unspecified atom stereocenters. The van der Waals surface area contributed by atoms with E-state index in [1.807, 2.05) is 23.9 Å². The van der Waals surface area contributed by atoms with E-state index >= 15 is 0 Å². The predicted octanol–water partition coefficient (Wildman–Crippen LogP) is 3.55. The van der Waals surface area contributed by atoms with E-state index in [1.165, 1.54) is 5.56 Å². The molecule has 2 rings (SSSR count). The summed E-state index contributed by atoms with van der Waals surface area (Å²) in [7, 11) is 1.80. The fourth-order valence-corrected chi connectivity index (χ4v) is 3.00. The number of aromatic nitrogens is 2. The highest BCUT2D eigenvalue weighted by molar-refractivity contribution is 5.80. The average Bonchev–Trinajstić information content (AvgIpc) is 3.21. The van der Waals surface area contributed by atoms with Crippen molar-refractivity contribution in [3.8, 4) is 5.69 Å². The first-order valence-electron chi connectivity index (χ1n) is 9.73. The number of nitrogens with one attached hydrogen (secondary N) is 2. The monoisotopic (exact) mass is 371 g/mol. The van der Waals surface area contributed by atoms with Crippen molar-refractivity contribution in [1.82, 2.24) is 20.4 Å². The molecule has 0 amide bonds. The lowest BCUT2D eigenvalue weighted by Gasteiger charge is -2.23. The number of nitrogens with zero attached hydrogens (tertiary/aromatic N) is 3. The standard InChI is InChI=1S/C21H33N5O/c1-6-27-20(16(2)3)11-13-23-21(22-5)25-17(4)18-9-7-10-19(15-18)26-14-8-12-24-26/h7-10,12,14-17,20H,6,11,13H2,1-5H3,(H2,22,23,25). The maximum atomic E-state index is 5.81. The first kappa shape index (κ1) is 21.0. The molecule has 1 heterocycles. The molecular formula is C21H33N5O. The fraction of sp³-hybridized carbons (Fsp3) is 0.524. The van der Waals surface area contributed by atoms with Crippen molar-refractivity contribution in [2.24, 2.45) is 10.9 Å². The van der Waals surface area contributed by atoms with E-state index in [0.717, 1.165) is 31.2 Å². The molecule has 2 N–H and O–H groups in total. The summed E-state index contributed by atoms with van der Waals surface area (Å²) in [6, 6.07) is 10.4. The average molecular weight is 372 g/mol. The van der Waals surface area contributed by atoms with Crippen molar-refractivity contribution in [1.29, 1.82) is 0 Å². The van der Waals surface area contributed by atoms with E-state index in [-0.39, 0.29) is 12.1 Å². The summed E-state index contributed by atoms with van der Waals surface area (Å²) in [6.07, 6.45) is 4.95. The fourth-order valence-electron chi connectivity index (χ4n) is 3.00. The Labute approximate surface area is 163 Å². The highest BCUT2D eigenvalue weighted by Gasteiger charge is 2.14. The maximum absolute atomic E-state index is 5.81. The second-order valence-corrected chi connectivity index (χ2v) is 6.94. The molecule has 1 aromatic heterocycles. The largest absolute Gasteiger partial charge is 0.378 e. The first-order valence-corrected chi connectivity index (χ1v) is 9.73. The number of guanidine groups is 1.